The number of methoxy groups -OCH3 is 2. The highest BCUT2D eigenvalue weighted by molar-refractivity contribution is 8.22. The van der Waals surface area contributed by atoms with E-state index in [1.54, 1.807) is 14.2 Å². The first-order valence-corrected chi connectivity index (χ1v) is 10.4. The lowest BCUT2D eigenvalue weighted by atomic mass is 9.78. The molecule has 1 aromatic rings. The van der Waals surface area contributed by atoms with Crippen molar-refractivity contribution in [3.8, 4) is 11.5 Å². The fourth-order valence-electron chi connectivity index (χ4n) is 3.75. The van der Waals surface area contributed by atoms with E-state index in [1.165, 1.54) is 18.4 Å². The lowest BCUT2D eigenvalue weighted by Crippen LogP contribution is -2.40. The minimum atomic E-state index is -0.403. The van der Waals surface area contributed by atoms with Gasteiger partial charge in [-0.1, -0.05) is 31.1 Å². The van der Waals surface area contributed by atoms with E-state index in [-0.39, 0.29) is 11.3 Å². The molecular formula is C20H27NO3S. The third-order valence-electron chi connectivity index (χ3n) is 5.17. The number of hydrogen-bond acceptors (Lipinski definition) is 3. The molecule has 25 heavy (non-hydrogen) atoms. The molecule has 1 saturated carbocycles. The molecule has 3 rings (SSSR count). The number of nitrogens with one attached hydrogen (secondary N) is 1. The number of rotatable bonds is 7. The van der Waals surface area contributed by atoms with Crippen LogP contribution >= 0.6 is 10.9 Å². The van der Waals surface area contributed by atoms with Gasteiger partial charge in [0.1, 0.15) is 0 Å². The van der Waals surface area contributed by atoms with Gasteiger partial charge in [0.2, 0.25) is 5.91 Å². The van der Waals surface area contributed by atoms with E-state index in [9.17, 15) is 4.79 Å². The maximum Gasteiger partial charge on any atom is 0.228 e. The summed E-state index contributed by atoms with van der Waals surface area (Å²) in [5, 5.41) is 7.46. The minimum absolute atomic E-state index is 0.00379. The van der Waals surface area contributed by atoms with Crippen LogP contribution in [0.2, 0.25) is 0 Å². The Morgan fingerprint density at radius 1 is 1.12 bits per heavy atom. The van der Waals surface area contributed by atoms with Crippen molar-refractivity contribution < 1.29 is 14.3 Å². The number of benzene rings is 1. The molecule has 0 spiro atoms. The molecule has 1 fully saturated rings. The average molecular weight is 362 g/mol. The Hall–Kier alpha value is -1.88. The summed E-state index contributed by atoms with van der Waals surface area (Å²) in [5.74, 6) is 2.23. The average Bonchev–Trinajstić information content (AvgIpc) is 3.32. The number of ether oxygens (including phenoxy) is 2. The minimum Gasteiger partial charge on any atom is -0.493 e. The molecule has 136 valence electrons. The molecule has 2 aliphatic rings. The van der Waals surface area contributed by atoms with Crippen LogP contribution in [0.1, 0.15) is 31.2 Å². The van der Waals surface area contributed by atoms with Crippen LogP contribution in [0, 0.1) is 0 Å². The first-order chi connectivity index (χ1) is 12.2. The molecule has 1 aromatic carbocycles. The van der Waals surface area contributed by atoms with Gasteiger partial charge >= 0.3 is 0 Å². The summed E-state index contributed by atoms with van der Waals surface area (Å²) >= 11 is 0. The lowest BCUT2D eigenvalue weighted by Gasteiger charge is -2.31. The van der Waals surface area contributed by atoms with Gasteiger partial charge in [0, 0.05) is 12.0 Å². The fourth-order valence-corrected chi connectivity index (χ4v) is 5.15. The predicted octanol–water partition coefficient (Wildman–Crippen LogP) is 3.67. The van der Waals surface area contributed by atoms with Crippen molar-refractivity contribution in [1.29, 1.82) is 0 Å². The molecule has 0 saturated heterocycles. The van der Waals surface area contributed by atoms with E-state index < -0.39 is 10.9 Å². The number of carbonyl (C=O) groups is 1. The van der Waals surface area contributed by atoms with Gasteiger partial charge in [-0.2, -0.15) is 0 Å². The maximum atomic E-state index is 12.3. The Kier molecular flexibility index (Phi) is 5.74. The first-order valence-electron chi connectivity index (χ1n) is 8.77. The summed E-state index contributed by atoms with van der Waals surface area (Å²) in [4.78, 5) is 12.3. The highest BCUT2D eigenvalue weighted by atomic mass is 32.2. The number of thiol groups is 1. The second kappa shape index (κ2) is 8.00. The third kappa shape index (κ3) is 4.03. The number of carbonyl (C=O) groups excluding carboxylic acids is 1. The van der Waals surface area contributed by atoms with Crippen molar-refractivity contribution in [2.24, 2.45) is 0 Å². The van der Waals surface area contributed by atoms with Crippen LogP contribution in [-0.4, -0.2) is 32.4 Å². The maximum absolute atomic E-state index is 12.3. The van der Waals surface area contributed by atoms with Gasteiger partial charge in [-0.05, 0) is 41.4 Å². The van der Waals surface area contributed by atoms with Crippen molar-refractivity contribution in [2.45, 2.75) is 31.1 Å². The molecule has 1 aliphatic carbocycles. The SMILES string of the molecule is COc1ccc(C2(CNC(=O)C[SH]3C=CC=C3)CCCC2)cc1OC. The largest absolute Gasteiger partial charge is 0.493 e. The summed E-state index contributed by atoms with van der Waals surface area (Å²) in [6, 6.07) is 6.15. The van der Waals surface area contributed by atoms with Gasteiger partial charge in [0.05, 0.1) is 20.0 Å². The van der Waals surface area contributed by atoms with Crippen molar-refractivity contribution in [2.75, 3.05) is 26.5 Å². The lowest BCUT2D eigenvalue weighted by molar-refractivity contribution is -0.118. The zero-order chi connectivity index (χ0) is 17.7. The van der Waals surface area contributed by atoms with Crippen molar-refractivity contribution in [1.82, 2.24) is 5.32 Å². The van der Waals surface area contributed by atoms with Crippen molar-refractivity contribution in [3.05, 3.63) is 46.7 Å². The van der Waals surface area contributed by atoms with Crippen molar-refractivity contribution in [3.63, 3.8) is 0 Å². The molecular weight excluding hydrogens is 334 g/mol. The molecule has 0 aromatic heterocycles. The van der Waals surface area contributed by atoms with Crippen molar-refractivity contribution >= 4 is 16.8 Å². The summed E-state index contributed by atoms with van der Waals surface area (Å²) in [5.41, 5.74) is 1.23. The number of amides is 1. The van der Waals surface area contributed by atoms with E-state index in [1.807, 2.05) is 18.2 Å². The molecule has 0 unspecified atom stereocenters. The van der Waals surface area contributed by atoms with E-state index in [4.69, 9.17) is 9.47 Å². The molecule has 0 atom stereocenters. The van der Waals surface area contributed by atoms with E-state index in [0.717, 1.165) is 24.3 Å². The standard InChI is InChI=1S/C20H27NO3S/c1-23-17-8-7-16(13-18(17)24-2)20(9-3-4-10-20)15-21-19(22)14-25-11-5-6-12-25/h5-8,11-13,25H,3-4,9-10,14-15H2,1-2H3,(H,21,22). The van der Waals surface area contributed by atoms with Crippen LogP contribution in [0.3, 0.4) is 0 Å². The van der Waals surface area contributed by atoms with Crippen LogP contribution in [-0.2, 0) is 10.2 Å². The molecule has 4 nitrogen and oxygen atoms in total. The monoisotopic (exact) mass is 361 g/mol. The summed E-state index contributed by atoms with van der Waals surface area (Å²) in [7, 11) is 2.91. The topological polar surface area (TPSA) is 47.6 Å². The molecule has 5 heteroatoms. The first kappa shape index (κ1) is 17.9. The fraction of sp³-hybridized carbons (Fsp3) is 0.450. The van der Waals surface area contributed by atoms with Crippen LogP contribution in [0.15, 0.2) is 41.2 Å². The van der Waals surface area contributed by atoms with E-state index >= 15 is 0 Å². The molecule has 0 bridgehead atoms. The van der Waals surface area contributed by atoms with Gasteiger partial charge in [0.15, 0.2) is 11.5 Å². The van der Waals surface area contributed by atoms with Crippen LogP contribution in [0.5, 0.6) is 11.5 Å². The van der Waals surface area contributed by atoms with Crippen LogP contribution in [0.4, 0.5) is 0 Å². The van der Waals surface area contributed by atoms with Gasteiger partial charge in [-0.25, -0.2) is 10.9 Å². The van der Waals surface area contributed by atoms with Gasteiger partial charge in [0.25, 0.3) is 0 Å². The molecule has 1 heterocycles. The van der Waals surface area contributed by atoms with Gasteiger partial charge < -0.3 is 14.8 Å². The zero-order valence-corrected chi connectivity index (χ0v) is 15.9. The molecule has 1 N–H and O–H groups in total. The summed E-state index contributed by atoms with van der Waals surface area (Å²) in [6.45, 7) is 0.692. The van der Waals surface area contributed by atoms with Gasteiger partial charge in [-0.15, -0.1) is 0 Å². The Labute approximate surface area is 152 Å². The summed E-state index contributed by atoms with van der Waals surface area (Å²) in [6.07, 6.45) is 8.64. The molecule has 0 radical (unpaired) electrons. The number of allylic oxidation sites excluding steroid dienone is 2. The molecule has 1 amide bonds. The Morgan fingerprint density at radius 3 is 2.44 bits per heavy atom. The summed E-state index contributed by atoms with van der Waals surface area (Å²) < 4.78 is 10.8. The Bertz CT molecular complexity index is 666. The second-order valence-electron chi connectivity index (χ2n) is 6.69. The Morgan fingerprint density at radius 2 is 1.80 bits per heavy atom. The quantitative estimate of drug-likeness (QED) is 0.729. The molecule has 1 aliphatic heterocycles. The normalized spacial score (nSPS) is 19.2. The second-order valence-corrected chi connectivity index (χ2v) is 8.63. The Balaban J connectivity index is 1.72. The van der Waals surface area contributed by atoms with Gasteiger partial charge in [-0.3, -0.25) is 4.79 Å². The highest BCUT2D eigenvalue weighted by Crippen LogP contribution is 2.43. The number of hydrogen-bond donors (Lipinski definition) is 2. The van der Waals surface area contributed by atoms with E-state index in [0.29, 0.717) is 12.3 Å². The van der Waals surface area contributed by atoms with Crippen LogP contribution in [0.25, 0.3) is 0 Å². The third-order valence-corrected chi connectivity index (χ3v) is 6.94. The zero-order valence-electron chi connectivity index (χ0n) is 15.0. The van der Waals surface area contributed by atoms with Crippen LogP contribution < -0.4 is 14.8 Å². The predicted molar refractivity (Wildman–Crippen MR) is 105 cm³/mol. The van der Waals surface area contributed by atoms with E-state index in [2.05, 4.69) is 28.3 Å². The smallest absolute Gasteiger partial charge is 0.228 e. The highest BCUT2D eigenvalue weighted by Gasteiger charge is 2.36.